The summed E-state index contributed by atoms with van der Waals surface area (Å²) in [6, 6.07) is 9.56. The maximum atomic E-state index is 12.5. The molecular formula is C15H12Cl2N2O2S2. The number of thiazole rings is 1. The molecule has 0 aliphatic rings. The molecule has 0 saturated heterocycles. The Kier molecular flexibility index (Phi) is 4.51. The van der Waals surface area contributed by atoms with Crippen molar-refractivity contribution in [1.82, 2.24) is 4.98 Å². The van der Waals surface area contributed by atoms with E-state index in [1.807, 2.05) is 6.92 Å². The minimum absolute atomic E-state index is 0.0506. The molecule has 0 saturated carbocycles. The fourth-order valence-corrected chi connectivity index (χ4v) is 4.84. The van der Waals surface area contributed by atoms with Crippen LogP contribution in [-0.2, 0) is 16.4 Å². The van der Waals surface area contributed by atoms with Gasteiger partial charge >= 0.3 is 0 Å². The molecule has 120 valence electrons. The highest BCUT2D eigenvalue weighted by Crippen LogP contribution is 2.29. The first-order chi connectivity index (χ1) is 10.9. The number of anilines is 1. The van der Waals surface area contributed by atoms with Gasteiger partial charge in [0.25, 0.3) is 10.0 Å². The van der Waals surface area contributed by atoms with E-state index in [-0.39, 0.29) is 9.92 Å². The highest BCUT2D eigenvalue weighted by molar-refractivity contribution is 7.92. The minimum Gasteiger partial charge on any atom is -0.280 e. The molecule has 3 aromatic rings. The lowest BCUT2D eigenvalue weighted by Crippen LogP contribution is -2.13. The van der Waals surface area contributed by atoms with E-state index in [2.05, 4.69) is 9.71 Å². The summed E-state index contributed by atoms with van der Waals surface area (Å²) in [7, 11) is -3.82. The number of sulfonamides is 1. The quantitative estimate of drug-likeness (QED) is 0.688. The molecule has 0 bridgehead atoms. The van der Waals surface area contributed by atoms with Crippen molar-refractivity contribution in [1.29, 1.82) is 0 Å². The molecule has 0 aliphatic heterocycles. The van der Waals surface area contributed by atoms with Crippen LogP contribution in [0.4, 0.5) is 5.69 Å². The molecule has 2 aromatic carbocycles. The topological polar surface area (TPSA) is 59.1 Å². The van der Waals surface area contributed by atoms with E-state index in [9.17, 15) is 8.42 Å². The third-order valence-electron chi connectivity index (χ3n) is 3.17. The van der Waals surface area contributed by atoms with Gasteiger partial charge in [-0.25, -0.2) is 13.4 Å². The van der Waals surface area contributed by atoms with Gasteiger partial charge in [0.2, 0.25) is 0 Å². The van der Waals surface area contributed by atoms with Crippen molar-refractivity contribution in [2.24, 2.45) is 0 Å². The third kappa shape index (κ3) is 3.45. The van der Waals surface area contributed by atoms with E-state index in [0.29, 0.717) is 10.7 Å². The van der Waals surface area contributed by atoms with Crippen molar-refractivity contribution in [3.8, 4) is 0 Å². The molecular weight excluding hydrogens is 375 g/mol. The second-order valence-corrected chi connectivity index (χ2v) is 8.43. The first-order valence-corrected chi connectivity index (χ1v) is 9.82. The Labute approximate surface area is 148 Å². The average Bonchev–Trinajstić information content (AvgIpc) is 2.91. The van der Waals surface area contributed by atoms with Gasteiger partial charge in [0.05, 0.1) is 25.9 Å². The van der Waals surface area contributed by atoms with Crippen LogP contribution >= 0.6 is 34.5 Å². The van der Waals surface area contributed by atoms with E-state index in [0.717, 1.165) is 21.6 Å². The number of aryl methyl sites for hydroxylation is 1. The molecule has 23 heavy (non-hydrogen) atoms. The van der Waals surface area contributed by atoms with E-state index >= 15 is 0 Å². The van der Waals surface area contributed by atoms with Crippen LogP contribution in [0.15, 0.2) is 41.3 Å². The molecule has 0 fully saturated rings. The van der Waals surface area contributed by atoms with Gasteiger partial charge in [0.15, 0.2) is 0 Å². The molecule has 0 spiro atoms. The molecule has 1 N–H and O–H groups in total. The number of nitrogens with one attached hydrogen (secondary N) is 1. The Balaban J connectivity index is 1.98. The molecule has 0 amide bonds. The van der Waals surface area contributed by atoms with E-state index in [1.54, 1.807) is 35.6 Å². The van der Waals surface area contributed by atoms with Crippen LogP contribution in [0, 0.1) is 0 Å². The van der Waals surface area contributed by atoms with Crippen LogP contribution < -0.4 is 4.72 Å². The molecule has 0 radical (unpaired) electrons. The largest absolute Gasteiger partial charge is 0.280 e. The normalized spacial score (nSPS) is 11.8. The smallest absolute Gasteiger partial charge is 0.263 e. The van der Waals surface area contributed by atoms with Gasteiger partial charge in [0, 0.05) is 5.02 Å². The molecule has 4 nitrogen and oxygen atoms in total. The van der Waals surface area contributed by atoms with Crippen molar-refractivity contribution in [2.45, 2.75) is 18.2 Å². The fraction of sp³-hybridized carbons (Fsp3) is 0.133. The summed E-state index contributed by atoms with van der Waals surface area (Å²) in [6.07, 6.45) is 0.846. The summed E-state index contributed by atoms with van der Waals surface area (Å²) in [5, 5.41) is 1.44. The van der Waals surface area contributed by atoms with Gasteiger partial charge < -0.3 is 0 Å². The lowest BCUT2D eigenvalue weighted by molar-refractivity contribution is 0.601. The Hall–Kier alpha value is -1.34. The van der Waals surface area contributed by atoms with E-state index < -0.39 is 10.0 Å². The minimum atomic E-state index is -3.82. The van der Waals surface area contributed by atoms with Crippen molar-refractivity contribution in [3.05, 3.63) is 51.5 Å². The van der Waals surface area contributed by atoms with Crippen molar-refractivity contribution in [3.63, 3.8) is 0 Å². The summed E-state index contributed by atoms with van der Waals surface area (Å²) in [5.74, 6) is 0. The number of fused-ring (bicyclic) bond motifs is 1. The standard InChI is InChI=1S/C15H12Cl2N2O2S2/c1-2-15-18-12-6-4-10(8-13(12)22-15)19-23(20,21)14-7-9(16)3-5-11(14)17/h3-8,19H,2H2,1H3. The molecule has 0 unspecified atom stereocenters. The van der Waals surface area contributed by atoms with Gasteiger partial charge in [-0.05, 0) is 42.8 Å². The van der Waals surface area contributed by atoms with Crippen LogP contribution in [0.1, 0.15) is 11.9 Å². The molecule has 1 heterocycles. The lowest BCUT2D eigenvalue weighted by atomic mass is 10.3. The Morgan fingerprint density at radius 1 is 1.17 bits per heavy atom. The number of hydrogen-bond acceptors (Lipinski definition) is 4. The summed E-state index contributed by atoms with van der Waals surface area (Å²) in [4.78, 5) is 4.40. The maximum Gasteiger partial charge on any atom is 0.263 e. The lowest BCUT2D eigenvalue weighted by Gasteiger charge is -2.09. The van der Waals surface area contributed by atoms with Crippen LogP contribution in [0.25, 0.3) is 10.2 Å². The fourth-order valence-electron chi connectivity index (χ4n) is 2.08. The first kappa shape index (κ1) is 16.5. The highest BCUT2D eigenvalue weighted by atomic mass is 35.5. The SMILES string of the molecule is CCc1nc2ccc(NS(=O)(=O)c3cc(Cl)ccc3Cl)cc2s1. The molecule has 8 heteroatoms. The Bertz CT molecular complexity index is 984. The number of aromatic nitrogens is 1. The van der Waals surface area contributed by atoms with Crippen molar-refractivity contribution < 1.29 is 8.42 Å². The van der Waals surface area contributed by atoms with Gasteiger partial charge in [-0.15, -0.1) is 11.3 Å². The zero-order valence-electron chi connectivity index (χ0n) is 12.0. The van der Waals surface area contributed by atoms with Gasteiger partial charge in [-0.3, -0.25) is 4.72 Å². The number of halogens is 2. The number of hydrogen-bond donors (Lipinski definition) is 1. The third-order valence-corrected chi connectivity index (χ3v) is 6.43. The molecule has 3 rings (SSSR count). The first-order valence-electron chi connectivity index (χ1n) is 6.76. The number of rotatable bonds is 4. The monoisotopic (exact) mass is 386 g/mol. The van der Waals surface area contributed by atoms with Crippen LogP contribution in [-0.4, -0.2) is 13.4 Å². The van der Waals surface area contributed by atoms with Gasteiger partial charge in [-0.1, -0.05) is 30.1 Å². The predicted octanol–water partition coefficient (Wildman–Crippen LogP) is 4.97. The second-order valence-electron chi connectivity index (χ2n) is 4.82. The molecule has 0 atom stereocenters. The van der Waals surface area contributed by atoms with Crippen LogP contribution in [0.3, 0.4) is 0 Å². The highest BCUT2D eigenvalue weighted by Gasteiger charge is 2.19. The van der Waals surface area contributed by atoms with Gasteiger partial charge in [-0.2, -0.15) is 0 Å². The summed E-state index contributed by atoms with van der Waals surface area (Å²) in [6.45, 7) is 2.03. The second kappa shape index (κ2) is 6.28. The zero-order valence-corrected chi connectivity index (χ0v) is 15.2. The summed E-state index contributed by atoms with van der Waals surface area (Å²) < 4.78 is 28.5. The summed E-state index contributed by atoms with van der Waals surface area (Å²) in [5.41, 5.74) is 1.32. The zero-order chi connectivity index (χ0) is 16.6. The van der Waals surface area contributed by atoms with E-state index in [1.165, 1.54) is 12.1 Å². The number of benzene rings is 2. The summed E-state index contributed by atoms with van der Waals surface area (Å²) >= 11 is 13.4. The van der Waals surface area contributed by atoms with Crippen LogP contribution in [0.2, 0.25) is 10.0 Å². The molecule has 1 aromatic heterocycles. The molecule has 0 aliphatic carbocycles. The Morgan fingerprint density at radius 2 is 1.96 bits per heavy atom. The van der Waals surface area contributed by atoms with Crippen molar-refractivity contribution in [2.75, 3.05) is 4.72 Å². The average molecular weight is 387 g/mol. The maximum absolute atomic E-state index is 12.5. The predicted molar refractivity (Wildman–Crippen MR) is 96.3 cm³/mol. The van der Waals surface area contributed by atoms with Crippen molar-refractivity contribution >= 4 is 60.5 Å². The number of nitrogens with zero attached hydrogens (tertiary/aromatic N) is 1. The van der Waals surface area contributed by atoms with E-state index in [4.69, 9.17) is 23.2 Å². The van der Waals surface area contributed by atoms with Gasteiger partial charge in [0.1, 0.15) is 4.90 Å². The van der Waals surface area contributed by atoms with Crippen LogP contribution in [0.5, 0.6) is 0 Å². The Morgan fingerprint density at radius 3 is 2.70 bits per heavy atom.